The molecule has 1 N–H and O–H groups in total. The van der Waals surface area contributed by atoms with Crippen LogP contribution in [0.15, 0.2) is 54.7 Å². The summed E-state index contributed by atoms with van der Waals surface area (Å²) in [6, 6.07) is 15.8. The molecule has 0 radical (unpaired) electrons. The largest absolute Gasteiger partial charge is 0.334 e. The maximum absolute atomic E-state index is 12.5. The van der Waals surface area contributed by atoms with Crippen molar-refractivity contribution in [2.75, 3.05) is 13.1 Å². The van der Waals surface area contributed by atoms with Crippen LogP contribution in [0.5, 0.6) is 0 Å². The lowest BCUT2D eigenvalue weighted by molar-refractivity contribution is 0.177. The molecule has 0 spiro atoms. The monoisotopic (exact) mass is 335 g/mol. The first-order valence-corrected chi connectivity index (χ1v) is 8.67. The SMILES string of the molecule is O=C(NCc1ccccc1)N1CCC[C@@H](c2nnc3ccccn23)C1. The number of carbonyl (C=O) groups excluding carboxylic acids is 1. The van der Waals surface area contributed by atoms with E-state index in [0.29, 0.717) is 13.1 Å². The second-order valence-corrected chi connectivity index (χ2v) is 6.42. The molecule has 0 bridgehead atoms. The highest BCUT2D eigenvalue weighted by Gasteiger charge is 2.27. The molecule has 1 fully saturated rings. The minimum Gasteiger partial charge on any atom is -0.334 e. The number of pyridine rings is 1. The molecule has 2 aromatic heterocycles. The van der Waals surface area contributed by atoms with Crippen LogP contribution in [-0.4, -0.2) is 38.6 Å². The Balaban J connectivity index is 1.43. The average molecular weight is 335 g/mol. The first-order valence-electron chi connectivity index (χ1n) is 8.67. The smallest absolute Gasteiger partial charge is 0.317 e. The van der Waals surface area contributed by atoms with E-state index >= 15 is 0 Å². The average Bonchev–Trinajstić information content (AvgIpc) is 3.11. The summed E-state index contributed by atoms with van der Waals surface area (Å²) in [4.78, 5) is 14.4. The molecule has 4 rings (SSSR count). The third-order valence-corrected chi connectivity index (χ3v) is 4.70. The molecule has 128 valence electrons. The fourth-order valence-electron chi connectivity index (χ4n) is 3.40. The molecule has 25 heavy (non-hydrogen) atoms. The second-order valence-electron chi connectivity index (χ2n) is 6.42. The predicted octanol–water partition coefficient (Wildman–Crippen LogP) is 2.82. The summed E-state index contributed by atoms with van der Waals surface area (Å²) in [5, 5.41) is 11.6. The lowest BCUT2D eigenvalue weighted by Crippen LogP contribution is -2.45. The van der Waals surface area contributed by atoms with Gasteiger partial charge in [-0.25, -0.2) is 4.79 Å². The number of carbonyl (C=O) groups is 1. The Kier molecular flexibility index (Phi) is 4.33. The number of hydrogen-bond acceptors (Lipinski definition) is 3. The Morgan fingerprint density at radius 2 is 1.96 bits per heavy atom. The number of hydrogen-bond donors (Lipinski definition) is 1. The number of benzene rings is 1. The topological polar surface area (TPSA) is 62.5 Å². The van der Waals surface area contributed by atoms with Crippen molar-refractivity contribution in [2.24, 2.45) is 0 Å². The third kappa shape index (κ3) is 3.33. The van der Waals surface area contributed by atoms with Gasteiger partial charge in [0.05, 0.1) is 0 Å². The number of likely N-dealkylation sites (tertiary alicyclic amines) is 1. The highest BCUT2D eigenvalue weighted by molar-refractivity contribution is 5.74. The predicted molar refractivity (Wildman–Crippen MR) is 95.2 cm³/mol. The Morgan fingerprint density at radius 3 is 2.84 bits per heavy atom. The zero-order valence-electron chi connectivity index (χ0n) is 14.0. The summed E-state index contributed by atoms with van der Waals surface area (Å²) in [5.41, 5.74) is 1.95. The van der Waals surface area contributed by atoms with Crippen molar-refractivity contribution >= 4 is 11.7 Å². The summed E-state index contributed by atoms with van der Waals surface area (Å²) in [7, 11) is 0. The summed E-state index contributed by atoms with van der Waals surface area (Å²) in [6.45, 7) is 2.01. The van der Waals surface area contributed by atoms with Gasteiger partial charge in [0, 0.05) is 31.7 Å². The molecule has 6 heteroatoms. The highest BCUT2D eigenvalue weighted by atomic mass is 16.2. The van der Waals surface area contributed by atoms with Crippen LogP contribution >= 0.6 is 0 Å². The van der Waals surface area contributed by atoms with Crippen LogP contribution in [0.4, 0.5) is 4.79 Å². The molecule has 1 atom stereocenters. The van der Waals surface area contributed by atoms with Gasteiger partial charge in [0.2, 0.25) is 0 Å². The van der Waals surface area contributed by atoms with Crippen LogP contribution in [0, 0.1) is 0 Å². The van der Waals surface area contributed by atoms with E-state index in [1.54, 1.807) is 0 Å². The summed E-state index contributed by atoms with van der Waals surface area (Å²) in [5.74, 6) is 1.16. The van der Waals surface area contributed by atoms with E-state index in [1.165, 1.54) is 0 Å². The van der Waals surface area contributed by atoms with Crippen LogP contribution in [-0.2, 0) is 6.54 Å². The number of piperidine rings is 1. The number of urea groups is 1. The molecular formula is C19H21N5O. The summed E-state index contributed by atoms with van der Waals surface area (Å²) in [6.07, 6.45) is 3.99. The molecule has 1 aliphatic heterocycles. The van der Waals surface area contributed by atoms with E-state index in [-0.39, 0.29) is 11.9 Å². The number of fused-ring (bicyclic) bond motifs is 1. The van der Waals surface area contributed by atoms with Gasteiger partial charge >= 0.3 is 6.03 Å². The van der Waals surface area contributed by atoms with E-state index in [9.17, 15) is 4.79 Å². The Morgan fingerprint density at radius 1 is 1.12 bits per heavy atom. The van der Waals surface area contributed by atoms with Crippen LogP contribution in [0.25, 0.3) is 5.65 Å². The number of amides is 2. The van der Waals surface area contributed by atoms with Crippen LogP contribution < -0.4 is 5.32 Å². The van der Waals surface area contributed by atoms with Crippen LogP contribution in [0.3, 0.4) is 0 Å². The van der Waals surface area contributed by atoms with Gasteiger partial charge in [0.25, 0.3) is 0 Å². The van der Waals surface area contributed by atoms with Gasteiger partial charge in [0.15, 0.2) is 5.65 Å². The van der Waals surface area contributed by atoms with Gasteiger partial charge in [-0.1, -0.05) is 36.4 Å². The molecule has 1 aromatic carbocycles. The van der Waals surface area contributed by atoms with Crippen molar-refractivity contribution in [2.45, 2.75) is 25.3 Å². The number of nitrogens with zero attached hydrogens (tertiary/aromatic N) is 4. The second kappa shape index (κ2) is 6.93. The van der Waals surface area contributed by atoms with Crippen molar-refractivity contribution in [3.8, 4) is 0 Å². The quantitative estimate of drug-likeness (QED) is 0.800. The molecule has 0 aliphatic carbocycles. The first-order chi connectivity index (χ1) is 12.3. The maximum Gasteiger partial charge on any atom is 0.317 e. The molecule has 0 unspecified atom stereocenters. The molecule has 1 saturated heterocycles. The van der Waals surface area contributed by atoms with E-state index in [2.05, 4.69) is 15.5 Å². The van der Waals surface area contributed by atoms with Gasteiger partial charge in [-0.2, -0.15) is 0 Å². The van der Waals surface area contributed by atoms with Crippen molar-refractivity contribution in [3.63, 3.8) is 0 Å². The van der Waals surface area contributed by atoms with Crippen LogP contribution in [0.1, 0.15) is 30.1 Å². The minimum absolute atomic E-state index is 0.0117. The van der Waals surface area contributed by atoms with E-state index < -0.39 is 0 Å². The Hall–Kier alpha value is -2.89. The van der Waals surface area contributed by atoms with Gasteiger partial charge in [-0.3, -0.25) is 4.40 Å². The van der Waals surface area contributed by atoms with Crippen molar-refractivity contribution in [1.29, 1.82) is 0 Å². The van der Waals surface area contributed by atoms with Gasteiger partial charge in [-0.15, -0.1) is 10.2 Å². The summed E-state index contributed by atoms with van der Waals surface area (Å²) < 4.78 is 2.02. The van der Waals surface area contributed by atoms with Crippen LogP contribution in [0.2, 0.25) is 0 Å². The number of aromatic nitrogens is 3. The number of rotatable bonds is 3. The van der Waals surface area contributed by atoms with E-state index in [4.69, 9.17) is 0 Å². The zero-order valence-corrected chi connectivity index (χ0v) is 14.0. The molecular weight excluding hydrogens is 314 g/mol. The molecule has 3 heterocycles. The molecule has 2 amide bonds. The van der Waals surface area contributed by atoms with Crippen molar-refractivity contribution < 1.29 is 4.79 Å². The lowest BCUT2D eigenvalue weighted by atomic mass is 9.97. The van der Waals surface area contributed by atoms with Gasteiger partial charge in [0.1, 0.15) is 5.82 Å². The Bertz CT molecular complexity index is 860. The van der Waals surface area contributed by atoms with Gasteiger partial charge in [-0.05, 0) is 30.5 Å². The van der Waals surface area contributed by atoms with Crippen molar-refractivity contribution in [1.82, 2.24) is 24.8 Å². The van der Waals surface area contributed by atoms with E-state index in [1.807, 2.05) is 64.0 Å². The van der Waals surface area contributed by atoms with Gasteiger partial charge < -0.3 is 10.2 Å². The minimum atomic E-state index is -0.0117. The van der Waals surface area contributed by atoms with E-state index in [0.717, 1.165) is 36.4 Å². The molecule has 6 nitrogen and oxygen atoms in total. The molecule has 3 aromatic rings. The molecule has 0 saturated carbocycles. The third-order valence-electron chi connectivity index (χ3n) is 4.70. The Labute approximate surface area is 146 Å². The lowest BCUT2D eigenvalue weighted by Gasteiger charge is -2.32. The fourth-order valence-corrected chi connectivity index (χ4v) is 3.40. The van der Waals surface area contributed by atoms with Crippen molar-refractivity contribution in [3.05, 3.63) is 66.1 Å². The summed E-state index contributed by atoms with van der Waals surface area (Å²) >= 11 is 0. The highest BCUT2D eigenvalue weighted by Crippen LogP contribution is 2.26. The first kappa shape index (κ1) is 15.6. The normalized spacial score (nSPS) is 17.6. The fraction of sp³-hybridized carbons (Fsp3) is 0.316. The zero-order chi connectivity index (χ0) is 17.1. The maximum atomic E-state index is 12.5. The number of nitrogens with one attached hydrogen (secondary N) is 1. The molecule has 1 aliphatic rings. The standard InChI is InChI=1S/C19H21N5O/c25-19(20-13-15-7-2-1-3-8-15)23-11-6-9-16(14-23)18-22-21-17-10-4-5-12-24(17)18/h1-5,7-8,10,12,16H,6,9,11,13-14H2,(H,20,25)/t16-/m1/s1.